The summed E-state index contributed by atoms with van der Waals surface area (Å²) in [5.74, 6) is 0.188. The maximum atomic E-state index is 12.3. The summed E-state index contributed by atoms with van der Waals surface area (Å²) in [4.78, 5) is 12.3. The molecular formula is C16H20O2. The van der Waals surface area contributed by atoms with Crippen molar-refractivity contribution in [2.75, 3.05) is 0 Å². The highest BCUT2D eigenvalue weighted by Gasteiger charge is 2.16. The highest BCUT2D eigenvalue weighted by Crippen LogP contribution is 2.25. The second-order valence-corrected chi connectivity index (χ2v) is 6.14. The third kappa shape index (κ3) is 2.20. The van der Waals surface area contributed by atoms with Gasteiger partial charge in [0.05, 0.1) is 11.6 Å². The minimum absolute atomic E-state index is 0.0590. The maximum absolute atomic E-state index is 12.3. The zero-order valence-corrected chi connectivity index (χ0v) is 11.7. The van der Waals surface area contributed by atoms with Crippen LogP contribution >= 0.6 is 0 Å². The van der Waals surface area contributed by atoms with Crippen molar-refractivity contribution in [3.63, 3.8) is 0 Å². The van der Waals surface area contributed by atoms with Gasteiger partial charge in [-0.05, 0) is 29.0 Å². The van der Waals surface area contributed by atoms with Crippen LogP contribution in [0.15, 0.2) is 33.7 Å². The Balaban J connectivity index is 2.69. The van der Waals surface area contributed by atoms with Crippen LogP contribution in [0.2, 0.25) is 0 Å². The van der Waals surface area contributed by atoms with Crippen molar-refractivity contribution in [3.05, 3.63) is 45.8 Å². The second-order valence-electron chi connectivity index (χ2n) is 6.14. The molecule has 0 atom stereocenters. The molecule has 1 aromatic heterocycles. The molecule has 1 heterocycles. The first-order valence-electron chi connectivity index (χ1n) is 6.36. The van der Waals surface area contributed by atoms with E-state index in [4.69, 9.17) is 4.42 Å². The third-order valence-corrected chi connectivity index (χ3v) is 3.29. The van der Waals surface area contributed by atoms with E-state index in [2.05, 4.69) is 20.8 Å². The summed E-state index contributed by atoms with van der Waals surface area (Å²) in [6.45, 7) is 10.4. The molecule has 2 rings (SSSR count). The summed E-state index contributed by atoms with van der Waals surface area (Å²) < 4.78 is 5.62. The first kappa shape index (κ1) is 12.9. The van der Waals surface area contributed by atoms with Gasteiger partial charge < -0.3 is 4.42 Å². The molecule has 0 unspecified atom stereocenters. The molecule has 0 spiro atoms. The number of hydrogen-bond donors (Lipinski definition) is 0. The molecule has 2 heteroatoms. The van der Waals surface area contributed by atoms with Crippen molar-refractivity contribution in [1.29, 1.82) is 0 Å². The number of benzene rings is 1. The lowest BCUT2D eigenvalue weighted by molar-refractivity contribution is 0.571. The predicted octanol–water partition coefficient (Wildman–Crippen LogP) is 4.21. The van der Waals surface area contributed by atoms with Gasteiger partial charge in [-0.1, -0.05) is 40.7 Å². The van der Waals surface area contributed by atoms with Crippen molar-refractivity contribution in [3.8, 4) is 0 Å². The van der Waals surface area contributed by atoms with Crippen LogP contribution in [0.25, 0.3) is 11.0 Å². The van der Waals surface area contributed by atoms with E-state index in [0.717, 1.165) is 5.56 Å². The summed E-state index contributed by atoms with van der Waals surface area (Å²) in [6.07, 6.45) is 1.60. The summed E-state index contributed by atoms with van der Waals surface area (Å²) in [5.41, 5.74) is 2.74. The Hall–Kier alpha value is -1.57. The van der Waals surface area contributed by atoms with Crippen molar-refractivity contribution in [2.24, 2.45) is 0 Å². The van der Waals surface area contributed by atoms with Crippen molar-refractivity contribution >= 4 is 11.0 Å². The minimum Gasteiger partial charge on any atom is -0.464 e. The van der Waals surface area contributed by atoms with Gasteiger partial charge in [0.2, 0.25) is 0 Å². The van der Waals surface area contributed by atoms with E-state index in [1.54, 1.807) is 6.26 Å². The van der Waals surface area contributed by atoms with Crippen LogP contribution in [0.3, 0.4) is 0 Å². The van der Waals surface area contributed by atoms with E-state index >= 15 is 0 Å². The summed E-state index contributed by atoms with van der Waals surface area (Å²) in [6, 6.07) is 5.87. The molecule has 96 valence electrons. The summed E-state index contributed by atoms with van der Waals surface area (Å²) in [5, 5.41) is 0.675. The maximum Gasteiger partial charge on any atom is 0.196 e. The molecule has 0 amide bonds. The number of hydrogen-bond acceptors (Lipinski definition) is 2. The van der Waals surface area contributed by atoms with Gasteiger partial charge >= 0.3 is 0 Å². The Bertz CT molecular complexity index is 628. The zero-order valence-electron chi connectivity index (χ0n) is 11.7. The lowest BCUT2D eigenvalue weighted by Gasteiger charge is -2.19. The molecule has 0 radical (unpaired) electrons. The van der Waals surface area contributed by atoms with Crippen LogP contribution in [0, 0.1) is 0 Å². The summed E-state index contributed by atoms with van der Waals surface area (Å²) >= 11 is 0. The van der Waals surface area contributed by atoms with Gasteiger partial charge in [-0.3, -0.25) is 4.79 Å². The lowest BCUT2D eigenvalue weighted by atomic mass is 9.86. The van der Waals surface area contributed by atoms with Crippen LogP contribution in [0.1, 0.15) is 51.7 Å². The highest BCUT2D eigenvalue weighted by atomic mass is 16.3. The Labute approximate surface area is 108 Å². The Morgan fingerprint density at radius 3 is 2.39 bits per heavy atom. The largest absolute Gasteiger partial charge is 0.464 e. The van der Waals surface area contributed by atoms with E-state index < -0.39 is 0 Å². The van der Waals surface area contributed by atoms with Crippen LogP contribution in [-0.2, 0) is 5.41 Å². The fourth-order valence-corrected chi connectivity index (χ4v) is 2.01. The van der Waals surface area contributed by atoms with Gasteiger partial charge in [-0.2, -0.15) is 0 Å². The molecule has 0 fully saturated rings. The van der Waals surface area contributed by atoms with Crippen molar-refractivity contribution in [1.82, 2.24) is 0 Å². The number of fused-ring (bicyclic) bond motifs is 1. The number of rotatable bonds is 1. The summed E-state index contributed by atoms with van der Waals surface area (Å²) in [7, 11) is 0. The van der Waals surface area contributed by atoms with Gasteiger partial charge in [0.1, 0.15) is 5.58 Å². The monoisotopic (exact) mass is 244 g/mol. The lowest BCUT2D eigenvalue weighted by Crippen LogP contribution is -2.13. The molecule has 18 heavy (non-hydrogen) atoms. The van der Waals surface area contributed by atoms with Gasteiger partial charge in [-0.15, -0.1) is 0 Å². The Morgan fingerprint density at radius 2 is 1.83 bits per heavy atom. The third-order valence-electron chi connectivity index (χ3n) is 3.29. The molecule has 2 aromatic rings. The molecule has 0 N–H and O–H groups in total. The molecule has 0 aliphatic heterocycles. The smallest absolute Gasteiger partial charge is 0.196 e. The molecule has 2 nitrogen and oxygen atoms in total. The average molecular weight is 244 g/mol. The first-order valence-corrected chi connectivity index (χ1v) is 6.36. The van der Waals surface area contributed by atoms with E-state index in [1.165, 1.54) is 5.56 Å². The molecular weight excluding hydrogens is 224 g/mol. The van der Waals surface area contributed by atoms with Gasteiger partial charge in [0.15, 0.2) is 5.43 Å². The first-order chi connectivity index (χ1) is 8.30. The molecule has 0 saturated heterocycles. The molecule has 1 aromatic carbocycles. The van der Waals surface area contributed by atoms with Gasteiger partial charge in [0, 0.05) is 5.56 Å². The minimum atomic E-state index is 0.0590. The van der Waals surface area contributed by atoms with Gasteiger partial charge in [-0.25, -0.2) is 0 Å². The van der Waals surface area contributed by atoms with Crippen molar-refractivity contribution < 1.29 is 4.42 Å². The van der Waals surface area contributed by atoms with Crippen LogP contribution in [-0.4, -0.2) is 0 Å². The average Bonchev–Trinajstić information content (AvgIpc) is 2.27. The Morgan fingerprint density at radius 1 is 1.17 bits per heavy atom. The molecule has 0 aliphatic carbocycles. The highest BCUT2D eigenvalue weighted by molar-refractivity contribution is 5.78. The standard InChI is InChI=1S/C16H20O2/c1-10(2)13-9-18-14-8-11(16(3,4)5)6-7-12(14)15(13)17/h6-10H,1-5H3. The van der Waals surface area contributed by atoms with E-state index in [1.807, 2.05) is 32.0 Å². The van der Waals surface area contributed by atoms with Crippen LogP contribution in [0.4, 0.5) is 0 Å². The van der Waals surface area contributed by atoms with Crippen molar-refractivity contribution in [2.45, 2.75) is 46.0 Å². The van der Waals surface area contributed by atoms with E-state index in [9.17, 15) is 4.79 Å². The predicted molar refractivity (Wildman–Crippen MR) is 75.3 cm³/mol. The fourth-order valence-electron chi connectivity index (χ4n) is 2.01. The topological polar surface area (TPSA) is 30.2 Å². The van der Waals surface area contributed by atoms with Gasteiger partial charge in [0.25, 0.3) is 0 Å². The SMILES string of the molecule is CC(C)c1coc2cc(C(C)(C)C)ccc2c1=O. The van der Waals surface area contributed by atoms with E-state index in [-0.39, 0.29) is 16.8 Å². The molecule has 0 bridgehead atoms. The molecule has 0 aliphatic rings. The van der Waals surface area contributed by atoms with E-state index in [0.29, 0.717) is 11.0 Å². The second kappa shape index (κ2) is 4.27. The normalized spacial score (nSPS) is 12.3. The molecule has 0 saturated carbocycles. The quantitative estimate of drug-likeness (QED) is 0.752. The zero-order chi connectivity index (χ0) is 13.5. The van der Waals surface area contributed by atoms with Crippen LogP contribution in [0.5, 0.6) is 0 Å². The van der Waals surface area contributed by atoms with Crippen LogP contribution < -0.4 is 5.43 Å². The Kier molecular flexibility index (Phi) is 3.05. The fraction of sp³-hybridized carbons (Fsp3) is 0.438.